The van der Waals surface area contributed by atoms with Gasteiger partial charge in [0.15, 0.2) is 0 Å². The number of nitrogens with two attached hydrogens (primary N) is 1. The Labute approximate surface area is 98.0 Å². The summed E-state index contributed by atoms with van der Waals surface area (Å²) < 4.78 is 30.5. The number of methoxy groups -OCH3 is 1. The van der Waals surface area contributed by atoms with Gasteiger partial charge in [0.25, 0.3) is 0 Å². The molecule has 2 unspecified atom stereocenters. The zero-order valence-electron chi connectivity index (χ0n) is 10.1. The molecule has 0 aromatic rings. The summed E-state index contributed by atoms with van der Waals surface area (Å²) in [4.78, 5) is 0. The number of nitrogens with zero attached hydrogens (tertiary/aromatic N) is 1. The summed E-state index contributed by atoms with van der Waals surface area (Å²) in [5, 5.41) is 0. The van der Waals surface area contributed by atoms with Gasteiger partial charge >= 0.3 is 0 Å². The van der Waals surface area contributed by atoms with Crippen LogP contribution in [0.3, 0.4) is 0 Å². The van der Waals surface area contributed by atoms with Gasteiger partial charge in [0, 0.05) is 26.3 Å². The Hall–Kier alpha value is -0.170. The van der Waals surface area contributed by atoms with Gasteiger partial charge in [0.1, 0.15) is 0 Å². The molecule has 0 spiro atoms. The van der Waals surface area contributed by atoms with Gasteiger partial charge in [-0.3, -0.25) is 0 Å². The van der Waals surface area contributed by atoms with Crippen molar-refractivity contribution in [1.82, 2.24) is 4.31 Å². The fourth-order valence-electron chi connectivity index (χ4n) is 2.17. The minimum atomic E-state index is -3.13. The van der Waals surface area contributed by atoms with E-state index in [4.69, 9.17) is 10.5 Å². The molecule has 0 aromatic carbocycles. The molecule has 1 heterocycles. The lowest BCUT2D eigenvalue weighted by Crippen LogP contribution is -2.36. The monoisotopic (exact) mass is 250 g/mol. The lowest BCUT2D eigenvalue weighted by molar-refractivity contribution is 0.199. The van der Waals surface area contributed by atoms with Crippen LogP contribution in [0.4, 0.5) is 0 Å². The van der Waals surface area contributed by atoms with Crippen molar-refractivity contribution in [3.8, 4) is 0 Å². The zero-order valence-corrected chi connectivity index (χ0v) is 10.9. The molecule has 2 atom stereocenters. The van der Waals surface area contributed by atoms with E-state index in [2.05, 4.69) is 0 Å². The molecule has 1 fully saturated rings. The molecule has 0 bridgehead atoms. The summed E-state index contributed by atoms with van der Waals surface area (Å²) in [5.74, 6) is 0.481. The van der Waals surface area contributed by atoms with Crippen molar-refractivity contribution in [1.29, 1.82) is 0 Å². The Morgan fingerprint density at radius 3 is 2.69 bits per heavy atom. The van der Waals surface area contributed by atoms with Crippen molar-refractivity contribution in [3.63, 3.8) is 0 Å². The second-order valence-corrected chi connectivity index (χ2v) is 6.46. The second kappa shape index (κ2) is 5.95. The number of sulfonamides is 1. The Balaban J connectivity index is 2.55. The summed E-state index contributed by atoms with van der Waals surface area (Å²) in [5.41, 5.74) is 5.58. The third-order valence-electron chi connectivity index (χ3n) is 3.05. The minimum Gasteiger partial charge on any atom is -0.385 e. The van der Waals surface area contributed by atoms with Crippen LogP contribution in [0.1, 0.15) is 19.8 Å². The van der Waals surface area contributed by atoms with Crippen LogP contribution < -0.4 is 5.73 Å². The predicted octanol–water partition coefficient (Wildman–Crippen LogP) is 0.0218. The summed E-state index contributed by atoms with van der Waals surface area (Å²) >= 11 is 0. The van der Waals surface area contributed by atoms with Crippen LogP contribution in [0, 0.1) is 5.92 Å². The van der Waals surface area contributed by atoms with Gasteiger partial charge in [-0.05, 0) is 32.2 Å². The normalized spacial score (nSPS) is 27.4. The molecule has 1 rings (SSSR count). The Bertz CT molecular complexity index is 305. The summed E-state index contributed by atoms with van der Waals surface area (Å²) in [6.07, 6.45) is 1.43. The zero-order chi connectivity index (χ0) is 12.2. The topological polar surface area (TPSA) is 72.6 Å². The first-order valence-electron chi connectivity index (χ1n) is 5.69. The van der Waals surface area contributed by atoms with Crippen LogP contribution in [0.15, 0.2) is 0 Å². The molecule has 6 heteroatoms. The van der Waals surface area contributed by atoms with Crippen LogP contribution >= 0.6 is 0 Å². The SMILES string of the molecule is COCCCS(=O)(=O)N1CC(CN)CC1C. The van der Waals surface area contributed by atoms with Crippen LogP contribution in [0.5, 0.6) is 0 Å². The van der Waals surface area contributed by atoms with Gasteiger partial charge in [-0.1, -0.05) is 0 Å². The first-order valence-corrected chi connectivity index (χ1v) is 7.30. The molecule has 1 aliphatic rings. The van der Waals surface area contributed by atoms with E-state index in [1.165, 1.54) is 0 Å². The fourth-order valence-corrected chi connectivity index (χ4v) is 3.96. The van der Waals surface area contributed by atoms with Gasteiger partial charge in [-0.2, -0.15) is 4.31 Å². The second-order valence-electron chi connectivity index (χ2n) is 4.42. The van der Waals surface area contributed by atoms with Crippen LogP contribution in [-0.2, 0) is 14.8 Å². The van der Waals surface area contributed by atoms with Crippen LogP contribution in [0.25, 0.3) is 0 Å². The largest absolute Gasteiger partial charge is 0.385 e. The lowest BCUT2D eigenvalue weighted by atomic mass is 10.1. The molecular formula is C10H22N2O3S. The summed E-state index contributed by atoms with van der Waals surface area (Å²) in [6, 6.07) is 0.0843. The first kappa shape index (κ1) is 13.9. The Morgan fingerprint density at radius 2 is 2.19 bits per heavy atom. The Morgan fingerprint density at radius 1 is 1.50 bits per heavy atom. The molecule has 0 saturated carbocycles. The average molecular weight is 250 g/mol. The molecular weight excluding hydrogens is 228 g/mol. The van der Waals surface area contributed by atoms with Crippen molar-refractivity contribution >= 4 is 10.0 Å². The van der Waals surface area contributed by atoms with E-state index < -0.39 is 10.0 Å². The highest BCUT2D eigenvalue weighted by Crippen LogP contribution is 2.25. The molecule has 96 valence electrons. The molecule has 16 heavy (non-hydrogen) atoms. The predicted molar refractivity (Wildman–Crippen MR) is 63.6 cm³/mol. The van der Waals surface area contributed by atoms with Crippen molar-refractivity contribution in [2.45, 2.75) is 25.8 Å². The quantitative estimate of drug-likeness (QED) is 0.675. The van der Waals surface area contributed by atoms with E-state index >= 15 is 0 Å². The minimum absolute atomic E-state index is 0.0843. The third-order valence-corrected chi connectivity index (χ3v) is 5.07. The molecule has 5 nitrogen and oxygen atoms in total. The molecule has 2 N–H and O–H groups in total. The smallest absolute Gasteiger partial charge is 0.214 e. The molecule has 0 radical (unpaired) electrons. The highest BCUT2D eigenvalue weighted by molar-refractivity contribution is 7.89. The third kappa shape index (κ3) is 3.41. The highest BCUT2D eigenvalue weighted by atomic mass is 32.2. The van der Waals surface area contributed by atoms with Gasteiger partial charge in [-0.25, -0.2) is 8.42 Å². The van der Waals surface area contributed by atoms with Crippen molar-refractivity contribution < 1.29 is 13.2 Å². The van der Waals surface area contributed by atoms with Crippen molar-refractivity contribution in [2.24, 2.45) is 11.7 Å². The van der Waals surface area contributed by atoms with Gasteiger partial charge in [0.2, 0.25) is 10.0 Å². The highest BCUT2D eigenvalue weighted by Gasteiger charge is 2.35. The molecule has 0 aliphatic carbocycles. The molecule has 0 amide bonds. The maximum Gasteiger partial charge on any atom is 0.214 e. The molecule has 0 aromatic heterocycles. The summed E-state index contributed by atoms with van der Waals surface area (Å²) in [7, 11) is -1.55. The van der Waals surface area contributed by atoms with E-state index in [1.807, 2.05) is 6.92 Å². The number of hydrogen-bond donors (Lipinski definition) is 1. The van der Waals surface area contributed by atoms with E-state index in [0.29, 0.717) is 32.0 Å². The van der Waals surface area contributed by atoms with E-state index in [9.17, 15) is 8.42 Å². The standard InChI is InChI=1S/C10H22N2O3S/c1-9-6-10(7-11)8-12(9)16(13,14)5-3-4-15-2/h9-10H,3-8,11H2,1-2H3. The summed E-state index contributed by atoms with van der Waals surface area (Å²) in [6.45, 7) is 3.58. The fraction of sp³-hybridized carbons (Fsp3) is 1.00. The first-order chi connectivity index (χ1) is 7.51. The molecule has 1 aliphatic heterocycles. The number of hydrogen-bond acceptors (Lipinski definition) is 4. The van der Waals surface area contributed by atoms with Crippen molar-refractivity contribution in [2.75, 3.05) is 32.6 Å². The average Bonchev–Trinajstić information content (AvgIpc) is 2.60. The van der Waals surface area contributed by atoms with Gasteiger partial charge in [-0.15, -0.1) is 0 Å². The van der Waals surface area contributed by atoms with E-state index in [1.54, 1.807) is 11.4 Å². The lowest BCUT2D eigenvalue weighted by Gasteiger charge is -2.20. The maximum absolute atomic E-state index is 12.0. The Kier molecular flexibility index (Phi) is 5.17. The van der Waals surface area contributed by atoms with Crippen molar-refractivity contribution in [3.05, 3.63) is 0 Å². The van der Waals surface area contributed by atoms with Crippen LogP contribution in [-0.4, -0.2) is 51.3 Å². The number of ether oxygens (including phenoxy) is 1. The van der Waals surface area contributed by atoms with Gasteiger partial charge < -0.3 is 10.5 Å². The maximum atomic E-state index is 12.0. The van der Waals surface area contributed by atoms with E-state index in [-0.39, 0.29) is 11.8 Å². The van der Waals surface area contributed by atoms with Crippen LogP contribution in [0.2, 0.25) is 0 Å². The molecule has 1 saturated heterocycles. The van der Waals surface area contributed by atoms with Gasteiger partial charge in [0.05, 0.1) is 5.75 Å². The van der Waals surface area contributed by atoms with E-state index in [0.717, 1.165) is 6.42 Å². The number of rotatable bonds is 6.